The van der Waals surface area contributed by atoms with Crippen LogP contribution in [0.3, 0.4) is 0 Å². The van der Waals surface area contributed by atoms with Crippen LogP contribution in [0.25, 0.3) is 0 Å². The number of rotatable bonds is 4. The van der Waals surface area contributed by atoms with Crippen molar-refractivity contribution in [1.29, 1.82) is 0 Å². The number of nitrogens with one attached hydrogen (secondary N) is 2. The molecule has 0 aromatic heterocycles. The van der Waals surface area contributed by atoms with Gasteiger partial charge in [-0.15, -0.1) is 0 Å². The first-order valence-electron chi connectivity index (χ1n) is 6.71. The number of nitrogens with zero attached hydrogens (tertiary/aromatic N) is 1. The first-order chi connectivity index (χ1) is 11.8. The first-order valence-corrected chi connectivity index (χ1v) is 7.91. The Morgan fingerprint density at radius 1 is 1.32 bits per heavy atom. The first kappa shape index (κ1) is 18.7. The van der Waals surface area contributed by atoms with Gasteiger partial charge in [0, 0.05) is 16.1 Å². The molecule has 1 amide bonds. The van der Waals surface area contributed by atoms with Crippen LogP contribution in [-0.2, 0) is 0 Å². The van der Waals surface area contributed by atoms with Gasteiger partial charge in [-0.25, -0.2) is 4.39 Å². The van der Waals surface area contributed by atoms with Crippen molar-refractivity contribution in [3.05, 3.63) is 62.4 Å². The molecule has 0 aliphatic heterocycles. The molecule has 0 radical (unpaired) electrons. The number of amides is 1. The molecule has 0 aliphatic rings. The molecule has 0 spiro atoms. The average molecular weight is 428 g/mol. The number of benzene rings is 2. The van der Waals surface area contributed by atoms with Crippen molar-refractivity contribution < 1.29 is 18.8 Å². The van der Waals surface area contributed by atoms with Crippen LogP contribution < -0.4 is 15.4 Å². The monoisotopic (exact) mass is 427 g/mol. The molecule has 0 fully saturated rings. The van der Waals surface area contributed by atoms with E-state index in [2.05, 4.69) is 26.6 Å². The van der Waals surface area contributed by atoms with Crippen molar-refractivity contribution in [3.63, 3.8) is 0 Å². The van der Waals surface area contributed by atoms with E-state index in [9.17, 15) is 19.3 Å². The molecule has 10 heteroatoms. The van der Waals surface area contributed by atoms with E-state index in [-0.39, 0.29) is 27.8 Å². The number of carbonyl (C=O) groups excluding carboxylic acids is 1. The summed E-state index contributed by atoms with van der Waals surface area (Å²) in [4.78, 5) is 22.5. The number of thiocarbonyl (C=S) groups is 1. The highest BCUT2D eigenvalue weighted by Crippen LogP contribution is 2.27. The number of methoxy groups -OCH3 is 1. The Kier molecular flexibility index (Phi) is 5.99. The van der Waals surface area contributed by atoms with Gasteiger partial charge in [0.15, 0.2) is 10.9 Å². The van der Waals surface area contributed by atoms with Crippen LogP contribution in [0.5, 0.6) is 5.75 Å². The second-order valence-electron chi connectivity index (χ2n) is 4.68. The number of hydrogen-bond donors (Lipinski definition) is 2. The summed E-state index contributed by atoms with van der Waals surface area (Å²) in [7, 11) is 1.29. The van der Waals surface area contributed by atoms with Gasteiger partial charge in [-0.2, -0.15) is 0 Å². The van der Waals surface area contributed by atoms with Gasteiger partial charge in [0.2, 0.25) is 0 Å². The Morgan fingerprint density at radius 3 is 2.64 bits per heavy atom. The third-order valence-corrected chi connectivity index (χ3v) is 3.74. The zero-order chi connectivity index (χ0) is 18.6. The quantitative estimate of drug-likeness (QED) is 0.439. The third-order valence-electron chi connectivity index (χ3n) is 3.04. The number of nitro benzene ring substituents is 1. The van der Waals surface area contributed by atoms with Gasteiger partial charge >= 0.3 is 5.69 Å². The lowest BCUT2D eigenvalue weighted by Gasteiger charge is -2.11. The van der Waals surface area contributed by atoms with E-state index in [1.165, 1.54) is 31.4 Å². The fourth-order valence-corrected chi connectivity index (χ4v) is 2.43. The van der Waals surface area contributed by atoms with Gasteiger partial charge < -0.3 is 10.1 Å². The van der Waals surface area contributed by atoms with E-state index < -0.39 is 16.6 Å². The molecule has 25 heavy (non-hydrogen) atoms. The number of halogens is 2. The van der Waals surface area contributed by atoms with Crippen LogP contribution >= 0.6 is 28.1 Å². The van der Waals surface area contributed by atoms with Crippen LogP contribution in [0, 0.1) is 15.9 Å². The number of carbonyl (C=O) groups is 1. The molecule has 0 atom stereocenters. The SMILES string of the molecule is COc1ccc(C(=O)NC(=S)Nc2ccc(Br)cc2F)cc1[N+](=O)[O-]. The lowest BCUT2D eigenvalue weighted by molar-refractivity contribution is -0.385. The summed E-state index contributed by atoms with van der Waals surface area (Å²) in [5, 5.41) is 15.7. The van der Waals surface area contributed by atoms with E-state index in [1.54, 1.807) is 6.07 Å². The minimum absolute atomic E-state index is 0.00734. The van der Waals surface area contributed by atoms with Crippen LogP contribution in [0.2, 0.25) is 0 Å². The van der Waals surface area contributed by atoms with Gasteiger partial charge in [0.25, 0.3) is 5.91 Å². The van der Waals surface area contributed by atoms with Crippen molar-refractivity contribution in [2.24, 2.45) is 0 Å². The van der Waals surface area contributed by atoms with Crippen LogP contribution in [0.1, 0.15) is 10.4 Å². The van der Waals surface area contributed by atoms with E-state index in [0.717, 1.165) is 6.07 Å². The van der Waals surface area contributed by atoms with E-state index in [1.807, 2.05) is 0 Å². The highest BCUT2D eigenvalue weighted by molar-refractivity contribution is 9.10. The van der Waals surface area contributed by atoms with Crippen molar-refractivity contribution in [3.8, 4) is 5.75 Å². The highest BCUT2D eigenvalue weighted by atomic mass is 79.9. The second-order valence-corrected chi connectivity index (χ2v) is 6.00. The average Bonchev–Trinajstić information content (AvgIpc) is 2.56. The maximum absolute atomic E-state index is 13.7. The van der Waals surface area contributed by atoms with Crippen molar-refractivity contribution in [1.82, 2.24) is 5.32 Å². The molecule has 130 valence electrons. The van der Waals surface area contributed by atoms with Crippen molar-refractivity contribution in [2.75, 3.05) is 12.4 Å². The van der Waals surface area contributed by atoms with Crippen LogP contribution in [0.4, 0.5) is 15.8 Å². The number of anilines is 1. The Bertz CT molecular complexity index is 863. The van der Waals surface area contributed by atoms with E-state index >= 15 is 0 Å². The standard InChI is InChI=1S/C15H11BrFN3O4S/c1-24-13-5-2-8(6-12(13)20(22)23)14(21)19-15(25)18-11-4-3-9(16)7-10(11)17/h2-7H,1H3,(H2,18,19,21,25). The second kappa shape index (κ2) is 7.99. The van der Waals surface area contributed by atoms with Crippen molar-refractivity contribution in [2.45, 2.75) is 0 Å². The Labute approximate surface area is 155 Å². The zero-order valence-corrected chi connectivity index (χ0v) is 15.1. The topological polar surface area (TPSA) is 93.5 Å². The predicted molar refractivity (Wildman–Crippen MR) is 97.4 cm³/mol. The smallest absolute Gasteiger partial charge is 0.311 e. The molecule has 0 saturated heterocycles. The molecule has 0 saturated carbocycles. The molecule has 0 bridgehead atoms. The fraction of sp³-hybridized carbons (Fsp3) is 0.0667. The van der Waals surface area contributed by atoms with Crippen molar-refractivity contribution >= 4 is 50.5 Å². The maximum Gasteiger partial charge on any atom is 0.311 e. The van der Waals surface area contributed by atoms with Gasteiger partial charge in [-0.1, -0.05) is 15.9 Å². The lowest BCUT2D eigenvalue weighted by atomic mass is 10.2. The summed E-state index contributed by atoms with van der Waals surface area (Å²) in [5.74, 6) is -1.22. The largest absolute Gasteiger partial charge is 0.490 e. The molecule has 2 rings (SSSR count). The molecule has 0 aliphatic carbocycles. The van der Waals surface area contributed by atoms with Gasteiger partial charge in [0.1, 0.15) is 5.82 Å². The minimum atomic E-state index is -0.680. The number of hydrogen-bond acceptors (Lipinski definition) is 5. The van der Waals surface area contributed by atoms with E-state index in [0.29, 0.717) is 4.47 Å². The summed E-state index contributed by atoms with van der Waals surface area (Å²) in [5.41, 5.74) is -0.268. The molecule has 0 unspecified atom stereocenters. The minimum Gasteiger partial charge on any atom is -0.490 e. The molecule has 2 aromatic carbocycles. The molecule has 2 N–H and O–H groups in total. The zero-order valence-electron chi connectivity index (χ0n) is 12.7. The molecular weight excluding hydrogens is 417 g/mol. The Hall–Kier alpha value is -2.59. The number of nitro groups is 1. The molecule has 2 aromatic rings. The summed E-state index contributed by atoms with van der Waals surface area (Å²) < 4.78 is 19.2. The summed E-state index contributed by atoms with van der Waals surface area (Å²) in [6.07, 6.45) is 0. The van der Waals surface area contributed by atoms with Gasteiger partial charge in [-0.3, -0.25) is 20.2 Å². The molecular formula is C15H11BrFN3O4S. The lowest BCUT2D eigenvalue weighted by Crippen LogP contribution is -2.34. The Balaban J connectivity index is 2.12. The predicted octanol–water partition coefficient (Wildman–Crippen LogP) is 3.63. The van der Waals surface area contributed by atoms with E-state index in [4.69, 9.17) is 17.0 Å². The maximum atomic E-state index is 13.7. The summed E-state index contributed by atoms with van der Waals surface area (Å²) in [6, 6.07) is 8.00. The molecule has 0 heterocycles. The van der Waals surface area contributed by atoms with Crippen LogP contribution in [-0.4, -0.2) is 23.1 Å². The summed E-state index contributed by atoms with van der Waals surface area (Å²) >= 11 is 8.09. The van der Waals surface area contributed by atoms with Gasteiger partial charge in [-0.05, 0) is 42.5 Å². The highest BCUT2D eigenvalue weighted by Gasteiger charge is 2.19. The number of ether oxygens (including phenoxy) is 1. The third kappa shape index (κ3) is 4.70. The molecule has 7 nitrogen and oxygen atoms in total. The van der Waals surface area contributed by atoms with Crippen LogP contribution in [0.15, 0.2) is 40.9 Å². The van der Waals surface area contributed by atoms with Gasteiger partial charge in [0.05, 0.1) is 17.7 Å². The Morgan fingerprint density at radius 2 is 2.04 bits per heavy atom. The normalized spacial score (nSPS) is 10.0. The fourth-order valence-electron chi connectivity index (χ4n) is 1.89. The summed E-state index contributed by atoms with van der Waals surface area (Å²) in [6.45, 7) is 0.